The van der Waals surface area contributed by atoms with Gasteiger partial charge in [0.2, 0.25) is 0 Å². The Morgan fingerprint density at radius 1 is 1.64 bits per heavy atom. The molecule has 11 heavy (non-hydrogen) atoms. The molecule has 2 heterocycles. The fraction of sp³-hybridized carbons (Fsp3) is 0.857. The van der Waals surface area contributed by atoms with Crippen molar-refractivity contribution in [3.05, 3.63) is 0 Å². The molecule has 4 nitrogen and oxygen atoms in total. The lowest BCUT2D eigenvalue weighted by Gasteiger charge is -2.10. The molecular weight excluding hydrogens is 146 g/mol. The van der Waals surface area contributed by atoms with Crippen LogP contribution in [-0.2, 0) is 9.47 Å². The van der Waals surface area contributed by atoms with Gasteiger partial charge in [-0.05, 0) is 6.42 Å². The molecule has 0 spiro atoms. The summed E-state index contributed by atoms with van der Waals surface area (Å²) in [6.07, 6.45) is 1.18. The van der Waals surface area contributed by atoms with Gasteiger partial charge in [-0.1, -0.05) is 0 Å². The molecule has 62 valence electrons. The SMILES string of the molecule is O=C1OCCN1CCC1CO1. The average molecular weight is 157 g/mol. The second-order valence-electron chi connectivity index (χ2n) is 2.85. The summed E-state index contributed by atoms with van der Waals surface area (Å²) >= 11 is 0. The Labute approximate surface area is 65.1 Å². The van der Waals surface area contributed by atoms with Gasteiger partial charge in [0.15, 0.2) is 0 Å². The molecule has 1 amide bonds. The molecule has 1 atom stereocenters. The Hall–Kier alpha value is -0.770. The summed E-state index contributed by atoms with van der Waals surface area (Å²) in [5.74, 6) is 0. The Morgan fingerprint density at radius 3 is 3.00 bits per heavy atom. The van der Waals surface area contributed by atoms with Crippen molar-refractivity contribution in [2.75, 3.05) is 26.3 Å². The first-order valence-electron chi connectivity index (χ1n) is 3.89. The van der Waals surface area contributed by atoms with Crippen molar-refractivity contribution in [1.82, 2.24) is 4.90 Å². The van der Waals surface area contributed by atoms with E-state index in [1.165, 1.54) is 0 Å². The molecule has 0 radical (unpaired) electrons. The Bertz CT molecular complexity index is 167. The molecular formula is C7H11NO3. The lowest BCUT2D eigenvalue weighted by Crippen LogP contribution is -2.26. The van der Waals surface area contributed by atoms with Crippen molar-refractivity contribution in [2.45, 2.75) is 12.5 Å². The number of amides is 1. The Balaban J connectivity index is 1.71. The van der Waals surface area contributed by atoms with Gasteiger partial charge in [0.05, 0.1) is 19.3 Å². The maximum absolute atomic E-state index is 10.9. The quantitative estimate of drug-likeness (QED) is 0.550. The average Bonchev–Trinajstić information content (AvgIpc) is 2.73. The lowest BCUT2D eigenvalue weighted by atomic mass is 10.3. The third-order valence-electron chi connectivity index (χ3n) is 1.97. The Morgan fingerprint density at radius 2 is 2.45 bits per heavy atom. The van der Waals surface area contributed by atoms with Crippen LogP contribution in [0.5, 0.6) is 0 Å². The standard InChI is InChI=1S/C7H11NO3/c9-7-8(3-4-10-7)2-1-6-5-11-6/h6H,1-5H2. The zero-order chi connectivity index (χ0) is 7.68. The Kier molecular flexibility index (Phi) is 1.69. The zero-order valence-corrected chi connectivity index (χ0v) is 6.28. The molecule has 0 bridgehead atoms. The monoisotopic (exact) mass is 157 g/mol. The van der Waals surface area contributed by atoms with E-state index in [1.54, 1.807) is 4.90 Å². The molecule has 2 aliphatic heterocycles. The number of carbonyl (C=O) groups excluding carboxylic acids is 1. The topological polar surface area (TPSA) is 42.1 Å². The van der Waals surface area contributed by atoms with Gasteiger partial charge in [0, 0.05) is 6.54 Å². The van der Waals surface area contributed by atoms with E-state index in [0.29, 0.717) is 12.7 Å². The van der Waals surface area contributed by atoms with E-state index in [1.807, 2.05) is 0 Å². The second-order valence-corrected chi connectivity index (χ2v) is 2.85. The van der Waals surface area contributed by atoms with Crippen molar-refractivity contribution in [3.8, 4) is 0 Å². The van der Waals surface area contributed by atoms with E-state index in [0.717, 1.165) is 26.1 Å². The van der Waals surface area contributed by atoms with Gasteiger partial charge < -0.3 is 14.4 Å². The highest BCUT2D eigenvalue weighted by Gasteiger charge is 2.27. The van der Waals surface area contributed by atoms with Crippen molar-refractivity contribution in [3.63, 3.8) is 0 Å². The number of hydrogen-bond acceptors (Lipinski definition) is 3. The molecule has 1 unspecified atom stereocenters. The van der Waals surface area contributed by atoms with Crippen LogP contribution in [0.25, 0.3) is 0 Å². The third-order valence-corrected chi connectivity index (χ3v) is 1.97. The maximum Gasteiger partial charge on any atom is 0.409 e. The second kappa shape index (κ2) is 2.70. The maximum atomic E-state index is 10.9. The smallest absolute Gasteiger partial charge is 0.409 e. The van der Waals surface area contributed by atoms with Gasteiger partial charge in [0.1, 0.15) is 6.61 Å². The predicted molar refractivity (Wildman–Crippen MR) is 37.3 cm³/mol. The van der Waals surface area contributed by atoms with Crippen LogP contribution in [0.3, 0.4) is 0 Å². The van der Waals surface area contributed by atoms with Crippen LogP contribution in [-0.4, -0.2) is 43.4 Å². The van der Waals surface area contributed by atoms with Gasteiger partial charge in [0.25, 0.3) is 0 Å². The molecule has 2 fully saturated rings. The number of cyclic esters (lactones) is 1. The minimum Gasteiger partial charge on any atom is -0.448 e. The van der Waals surface area contributed by atoms with Crippen LogP contribution in [0, 0.1) is 0 Å². The first kappa shape index (κ1) is 6.91. The molecule has 0 N–H and O–H groups in total. The number of rotatable bonds is 3. The van der Waals surface area contributed by atoms with Gasteiger partial charge in [-0.25, -0.2) is 4.79 Å². The van der Waals surface area contributed by atoms with E-state index in [9.17, 15) is 4.79 Å². The normalized spacial score (nSPS) is 28.9. The molecule has 0 aromatic heterocycles. The summed E-state index contributed by atoms with van der Waals surface area (Å²) < 4.78 is 9.79. The molecule has 2 rings (SSSR count). The summed E-state index contributed by atoms with van der Waals surface area (Å²) in [6, 6.07) is 0. The van der Waals surface area contributed by atoms with Crippen LogP contribution < -0.4 is 0 Å². The minimum atomic E-state index is -0.175. The first-order valence-corrected chi connectivity index (χ1v) is 3.89. The number of hydrogen-bond donors (Lipinski definition) is 0. The molecule has 0 aromatic rings. The van der Waals surface area contributed by atoms with E-state index < -0.39 is 0 Å². The molecule has 0 saturated carbocycles. The first-order chi connectivity index (χ1) is 5.36. The summed E-state index contributed by atoms with van der Waals surface area (Å²) in [5.41, 5.74) is 0. The van der Waals surface area contributed by atoms with E-state index in [4.69, 9.17) is 9.47 Å². The van der Waals surface area contributed by atoms with Crippen LogP contribution in [0.2, 0.25) is 0 Å². The fourth-order valence-electron chi connectivity index (χ4n) is 1.16. The van der Waals surface area contributed by atoms with Crippen molar-refractivity contribution < 1.29 is 14.3 Å². The molecule has 0 aromatic carbocycles. The van der Waals surface area contributed by atoms with Crippen LogP contribution in [0.15, 0.2) is 0 Å². The number of nitrogens with zero attached hydrogens (tertiary/aromatic N) is 1. The van der Waals surface area contributed by atoms with Crippen LogP contribution in [0.1, 0.15) is 6.42 Å². The molecule has 2 aliphatic rings. The third kappa shape index (κ3) is 1.63. The highest BCUT2D eigenvalue weighted by Crippen LogP contribution is 2.15. The van der Waals surface area contributed by atoms with Crippen LogP contribution >= 0.6 is 0 Å². The van der Waals surface area contributed by atoms with Gasteiger partial charge in [-0.15, -0.1) is 0 Å². The molecule has 0 aliphatic carbocycles. The molecule has 2 saturated heterocycles. The fourth-order valence-corrected chi connectivity index (χ4v) is 1.16. The molecule has 4 heteroatoms. The van der Waals surface area contributed by atoms with Gasteiger partial charge in [-0.3, -0.25) is 0 Å². The summed E-state index contributed by atoms with van der Waals surface area (Å²) in [7, 11) is 0. The predicted octanol–water partition coefficient (Wildman–Crippen LogP) is 0.228. The van der Waals surface area contributed by atoms with Gasteiger partial charge in [-0.2, -0.15) is 0 Å². The lowest BCUT2D eigenvalue weighted by molar-refractivity contribution is 0.157. The van der Waals surface area contributed by atoms with Crippen LogP contribution in [0.4, 0.5) is 4.79 Å². The number of epoxide rings is 1. The van der Waals surface area contributed by atoms with E-state index in [2.05, 4.69) is 0 Å². The largest absolute Gasteiger partial charge is 0.448 e. The minimum absolute atomic E-state index is 0.175. The van der Waals surface area contributed by atoms with Crippen molar-refractivity contribution in [1.29, 1.82) is 0 Å². The van der Waals surface area contributed by atoms with Crippen molar-refractivity contribution >= 4 is 6.09 Å². The van der Waals surface area contributed by atoms with Crippen molar-refractivity contribution in [2.24, 2.45) is 0 Å². The zero-order valence-electron chi connectivity index (χ0n) is 6.28. The number of ether oxygens (including phenoxy) is 2. The number of carbonyl (C=O) groups is 1. The highest BCUT2D eigenvalue weighted by molar-refractivity contribution is 5.69. The summed E-state index contributed by atoms with van der Waals surface area (Å²) in [5, 5.41) is 0. The van der Waals surface area contributed by atoms with Gasteiger partial charge >= 0.3 is 6.09 Å². The van der Waals surface area contributed by atoms with E-state index in [-0.39, 0.29) is 6.09 Å². The highest BCUT2D eigenvalue weighted by atomic mass is 16.6. The summed E-state index contributed by atoms with van der Waals surface area (Å²) in [6.45, 7) is 2.93. The summed E-state index contributed by atoms with van der Waals surface area (Å²) in [4.78, 5) is 12.6. The van der Waals surface area contributed by atoms with E-state index >= 15 is 0 Å².